The summed E-state index contributed by atoms with van der Waals surface area (Å²) >= 11 is 6.16. The summed E-state index contributed by atoms with van der Waals surface area (Å²) < 4.78 is 5.99. The van der Waals surface area contributed by atoms with Crippen LogP contribution in [0.3, 0.4) is 0 Å². The van der Waals surface area contributed by atoms with Crippen molar-refractivity contribution in [1.82, 2.24) is 15.0 Å². The van der Waals surface area contributed by atoms with Crippen molar-refractivity contribution in [3.05, 3.63) is 75.2 Å². The van der Waals surface area contributed by atoms with Gasteiger partial charge in [-0.25, -0.2) is 9.36 Å². The van der Waals surface area contributed by atoms with E-state index < -0.39 is 5.76 Å². The SMILES string of the molecule is Cc1ccccc1-c1noc(=O)n1CC(=O)NC(C)c1ccccc1Cl. The molecule has 0 saturated heterocycles. The number of rotatable bonds is 5. The zero-order valence-electron chi connectivity index (χ0n) is 14.4. The molecule has 1 aromatic heterocycles. The van der Waals surface area contributed by atoms with Crippen LogP contribution in [0, 0.1) is 6.92 Å². The van der Waals surface area contributed by atoms with Crippen molar-refractivity contribution in [1.29, 1.82) is 0 Å². The molecule has 3 aromatic rings. The van der Waals surface area contributed by atoms with Gasteiger partial charge in [-0.05, 0) is 31.0 Å². The monoisotopic (exact) mass is 371 g/mol. The molecule has 0 aliphatic heterocycles. The number of carbonyl (C=O) groups is 1. The quantitative estimate of drug-likeness (QED) is 0.746. The van der Waals surface area contributed by atoms with Crippen LogP contribution >= 0.6 is 11.6 Å². The van der Waals surface area contributed by atoms with Crippen LogP contribution in [-0.4, -0.2) is 15.6 Å². The van der Waals surface area contributed by atoms with Gasteiger partial charge in [0.1, 0.15) is 6.54 Å². The van der Waals surface area contributed by atoms with Gasteiger partial charge < -0.3 is 5.32 Å². The molecule has 0 bridgehead atoms. The summed E-state index contributed by atoms with van der Waals surface area (Å²) in [6.45, 7) is 3.54. The minimum absolute atomic E-state index is 0.194. The molecule has 1 N–H and O–H groups in total. The summed E-state index contributed by atoms with van der Waals surface area (Å²) in [7, 11) is 0. The molecule has 26 heavy (non-hydrogen) atoms. The molecule has 0 saturated carbocycles. The number of amides is 1. The fraction of sp³-hybridized carbons (Fsp3) is 0.211. The molecule has 0 aliphatic carbocycles. The standard InChI is InChI=1S/C19H18ClN3O3/c1-12-7-3-4-8-14(12)18-22-26-19(25)23(18)11-17(24)21-13(2)15-9-5-6-10-16(15)20/h3-10,13H,11H2,1-2H3,(H,21,24). The van der Waals surface area contributed by atoms with Gasteiger partial charge in [0.25, 0.3) is 0 Å². The van der Waals surface area contributed by atoms with E-state index in [4.69, 9.17) is 16.1 Å². The lowest BCUT2D eigenvalue weighted by Crippen LogP contribution is -2.33. The van der Waals surface area contributed by atoms with Crippen LogP contribution < -0.4 is 11.1 Å². The number of halogens is 1. The number of aryl methyl sites for hydroxylation is 1. The van der Waals surface area contributed by atoms with Gasteiger partial charge in [0, 0.05) is 10.6 Å². The van der Waals surface area contributed by atoms with E-state index in [9.17, 15) is 9.59 Å². The number of nitrogens with one attached hydrogen (secondary N) is 1. The molecule has 2 aromatic carbocycles. The number of hydrogen-bond acceptors (Lipinski definition) is 4. The summed E-state index contributed by atoms with van der Waals surface area (Å²) in [5, 5.41) is 7.24. The second kappa shape index (κ2) is 7.58. The van der Waals surface area contributed by atoms with Crippen molar-refractivity contribution in [3.63, 3.8) is 0 Å². The summed E-state index contributed by atoms with van der Waals surface area (Å²) in [5.74, 6) is -0.685. The summed E-state index contributed by atoms with van der Waals surface area (Å²) in [6.07, 6.45) is 0. The first kappa shape index (κ1) is 17.9. The van der Waals surface area contributed by atoms with Crippen molar-refractivity contribution in [2.24, 2.45) is 0 Å². The average molecular weight is 372 g/mol. The molecule has 6 nitrogen and oxygen atoms in total. The van der Waals surface area contributed by atoms with Crippen LogP contribution in [0.5, 0.6) is 0 Å². The Kier molecular flexibility index (Phi) is 5.23. The Bertz CT molecular complexity index is 993. The maximum atomic E-state index is 12.4. The molecule has 3 rings (SSSR count). The minimum Gasteiger partial charge on any atom is -0.348 e. The van der Waals surface area contributed by atoms with Gasteiger partial charge in [0.2, 0.25) is 5.91 Å². The smallest absolute Gasteiger partial charge is 0.348 e. The van der Waals surface area contributed by atoms with Gasteiger partial charge in [0.05, 0.1) is 6.04 Å². The predicted molar refractivity (Wildman–Crippen MR) is 98.9 cm³/mol. The molecule has 0 radical (unpaired) electrons. The van der Waals surface area contributed by atoms with Crippen molar-refractivity contribution in [2.75, 3.05) is 0 Å². The van der Waals surface area contributed by atoms with Crippen molar-refractivity contribution in [2.45, 2.75) is 26.4 Å². The Balaban J connectivity index is 1.81. The average Bonchev–Trinajstić information content (AvgIpc) is 2.96. The normalized spacial score (nSPS) is 12.0. The summed E-state index contributed by atoms with van der Waals surface area (Å²) in [4.78, 5) is 24.4. The molecular formula is C19H18ClN3O3. The first-order chi connectivity index (χ1) is 12.5. The van der Waals surface area contributed by atoms with Crippen molar-refractivity contribution in [3.8, 4) is 11.4 Å². The first-order valence-corrected chi connectivity index (χ1v) is 8.51. The lowest BCUT2D eigenvalue weighted by atomic mass is 10.1. The Morgan fingerprint density at radius 3 is 2.65 bits per heavy atom. The summed E-state index contributed by atoms with van der Waals surface area (Å²) in [5.41, 5.74) is 2.48. The molecule has 134 valence electrons. The third-order valence-corrected chi connectivity index (χ3v) is 4.47. The highest BCUT2D eigenvalue weighted by Crippen LogP contribution is 2.23. The maximum Gasteiger partial charge on any atom is 0.442 e. The number of benzene rings is 2. The zero-order valence-corrected chi connectivity index (χ0v) is 15.2. The minimum atomic E-state index is -0.677. The van der Waals surface area contributed by atoms with Gasteiger partial charge in [-0.15, -0.1) is 0 Å². The van der Waals surface area contributed by atoms with Gasteiger partial charge in [0.15, 0.2) is 5.82 Å². The third kappa shape index (κ3) is 3.70. The van der Waals surface area contributed by atoms with E-state index in [2.05, 4.69) is 10.5 Å². The molecule has 1 amide bonds. The van der Waals surface area contributed by atoms with E-state index in [0.717, 1.165) is 16.7 Å². The number of carbonyl (C=O) groups excluding carboxylic acids is 1. The molecule has 1 unspecified atom stereocenters. The molecular weight excluding hydrogens is 354 g/mol. The fourth-order valence-corrected chi connectivity index (χ4v) is 3.06. The van der Waals surface area contributed by atoms with E-state index in [-0.39, 0.29) is 18.5 Å². The largest absolute Gasteiger partial charge is 0.442 e. The lowest BCUT2D eigenvalue weighted by Gasteiger charge is -2.16. The molecule has 0 fully saturated rings. The molecule has 1 atom stereocenters. The topological polar surface area (TPSA) is 77.1 Å². The van der Waals surface area contributed by atoms with Gasteiger partial charge in [-0.1, -0.05) is 59.2 Å². The van der Waals surface area contributed by atoms with E-state index in [1.807, 2.05) is 56.3 Å². The third-order valence-electron chi connectivity index (χ3n) is 4.12. The zero-order chi connectivity index (χ0) is 18.7. The molecule has 1 heterocycles. The second-order valence-electron chi connectivity index (χ2n) is 5.98. The number of hydrogen-bond donors (Lipinski definition) is 1. The predicted octanol–water partition coefficient (Wildman–Crippen LogP) is 3.34. The van der Waals surface area contributed by atoms with E-state index in [1.165, 1.54) is 4.57 Å². The maximum absolute atomic E-state index is 12.4. The van der Waals surface area contributed by atoms with Gasteiger partial charge in [-0.3, -0.25) is 9.32 Å². The number of nitrogens with zero attached hydrogens (tertiary/aromatic N) is 2. The van der Waals surface area contributed by atoms with Crippen LogP contribution in [-0.2, 0) is 11.3 Å². The fourth-order valence-electron chi connectivity index (χ4n) is 2.76. The van der Waals surface area contributed by atoms with Crippen LogP contribution in [0.25, 0.3) is 11.4 Å². The van der Waals surface area contributed by atoms with E-state index >= 15 is 0 Å². The highest BCUT2D eigenvalue weighted by molar-refractivity contribution is 6.31. The Hall–Kier alpha value is -2.86. The Morgan fingerprint density at radius 2 is 1.92 bits per heavy atom. The number of aromatic nitrogens is 2. The van der Waals surface area contributed by atoms with Gasteiger partial charge >= 0.3 is 5.76 Å². The Morgan fingerprint density at radius 1 is 1.23 bits per heavy atom. The van der Waals surface area contributed by atoms with E-state index in [1.54, 1.807) is 6.07 Å². The molecule has 0 spiro atoms. The lowest BCUT2D eigenvalue weighted by molar-refractivity contribution is -0.122. The second-order valence-corrected chi connectivity index (χ2v) is 6.39. The van der Waals surface area contributed by atoms with Crippen LogP contribution in [0.15, 0.2) is 57.8 Å². The van der Waals surface area contributed by atoms with Crippen LogP contribution in [0.4, 0.5) is 0 Å². The first-order valence-electron chi connectivity index (χ1n) is 8.13. The summed E-state index contributed by atoms with van der Waals surface area (Å²) in [6, 6.07) is 14.4. The van der Waals surface area contributed by atoms with Crippen molar-refractivity contribution < 1.29 is 9.32 Å². The Labute approximate surface area is 155 Å². The van der Waals surface area contributed by atoms with Crippen LogP contribution in [0.2, 0.25) is 5.02 Å². The van der Waals surface area contributed by atoms with Gasteiger partial charge in [-0.2, -0.15) is 0 Å². The highest BCUT2D eigenvalue weighted by Gasteiger charge is 2.19. The van der Waals surface area contributed by atoms with Crippen molar-refractivity contribution >= 4 is 17.5 Å². The van der Waals surface area contributed by atoms with E-state index in [0.29, 0.717) is 10.8 Å². The highest BCUT2D eigenvalue weighted by atomic mass is 35.5. The molecule has 7 heteroatoms. The molecule has 0 aliphatic rings. The van der Waals surface area contributed by atoms with Crippen LogP contribution in [0.1, 0.15) is 24.1 Å².